The van der Waals surface area contributed by atoms with E-state index in [4.69, 9.17) is 14.4 Å². The van der Waals surface area contributed by atoms with E-state index in [1.165, 1.54) is 38.6 Å². The van der Waals surface area contributed by atoms with E-state index in [2.05, 4.69) is 16.8 Å². The lowest BCUT2D eigenvalue weighted by molar-refractivity contribution is 0.405. The Morgan fingerprint density at radius 1 is 1.31 bits per heavy atom. The first kappa shape index (κ1) is 15.5. The van der Waals surface area contributed by atoms with E-state index in [-0.39, 0.29) is 0 Å². The summed E-state index contributed by atoms with van der Waals surface area (Å²) >= 11 is 0. The maximum atomic E-state index is 8.70. The van der Waals surface area contributed by atoms with Crippen molar-refractivity contribution in [3.8, 4) is 0 Å². The molecular weight excluding hydrogens is 227 g/mol. The van der Waals surface area contributed by atoms with Crippen LogP contribution in [0.1, 0.15) is 39.0 Å². The van der Waals surface area contributed by atoms with Gasteiger partial charge in [0.2, 0.25) is 0 Å². The zero-order valence-corrected chi connectivity index (χ0v) is 10.8. The summed E-state index contributed by atoms with van der Waals surface area (Å²) in [5, 5.41) is 0. The zero-order valence-electron chi connectivity index (χ0n) is 9.88. The monoisotopic (exact) mass is 249 g/mol. The lowest BCUT2D eigenvalue weighted by Crippen LogP contribution is -2.20. The molecular formula is C10H22N2O3P+. The number of aliphatic imine (C=N–C) groups is 1. The van der Waals surface area contributed by atoms with Crippen LogP contribution in [-0.2, 0) is 4.57 Å². The molecule has 0 unspecified atom stereocenters. The van der Waals surface area contributed by atoms with E-state index < -0.39 is 8.25 Å². The topological polar surface area (TPSA) is 73.1 Å². The second-order valence-electron chi connectivity index (χ2n) is 3.72. The minimum Gasteiger partial charge on any atom is -0.361 e. The van der Waals surface area contributed by atoms with Crippen LogP contribution in [-0.4, -0.2) is 40.7 Å². The largest absolute Gasteiger partial charge is 0.692 e. The van der Waals surface area contributed by atoms with Crippen LogP contribution in [0.15, 0.2) is 4.99 Å². The Bertz CT molecular complexity index is 208. The van der Waals surface area contributed by atoms with Gasteiger partial charge in [-0.25, -0.2) is 0 Å². The Balaban J connectivity index is 0.000000487. The van der Waals surface area contributed by atoms with E-state index >= 15 is 0 Å². The molecule has 6 heteroatoms. The highest BCUT2D eigenvalue weighted by molar-refractivity contribution is 7.30. The van der Waals surface area contributed by atoms with Gasteiger partial charge >= 0.3 is 8.25 Å². The summed E-state index contributed by atoms with van der Waals surface area (Å²) in [6, 6.07) is 0. The summed E-state index contributed by atoms with van der Waals surface area (Å²) in [6.45, 7) is 5.63. The summed E-state index contributed by atoms with van der Waals surface area (Å²) in [5.74, 6) is 0. The third kappa shape index (κ3) is 11.6. The predicted octanol–water partition coefficient (Wildman–Crippen LogP) is 1.93. The van der Waals surface area contributed by atoms with Crippen LogP contribution in [0, 0.1) is 0 Å². The molecule has 0 aromatic carbocycles. The van der Waals surface area contributed by atoms with E-state index in [9.17, 15) is 0 Å². The molecule has 5 nitrogen and oxygen atoms in total. The molecule has 2 N–H and O–H groups in total. The number of hydrogen-bond donors (Lipinski definition) is 2. The van der Waals surface area contributed by atoms with E-state index in [1.54, 1.807) is 0 Å². The Morgan fingerprint density at radius 3 is 2.44 bits per heavy atom. The second kappa shape index (κ2) is 11.0. The molecule has 1 aliphatic heterocycles. The minimum atomic E-state index is -2.87. The fourth-order valence-electron chi connectivity index (χ4n) is 1.51. The van der Waals surface area contributed by atoms with Crippen molar-refractivity contribution in [3.05, 3.63) is 0 Å². The molecule has 1 rings (SSSR count). The fraction of sp³-hybridized carbons (Fsp3) is 0.900. The second-order valence-corrected chi connectivity index (χ2v) is 4.23. The average Bonchev–Trinajstić information content (AvgIpc) is 2.69. The van der Waals surface area contributed by atoms with Crippen LogP contribution >= 0.6 is 8.25 Å². The Morgan fingerprint density at radius 2 is 1.94 bits per heavy atom. The first-order chi connectivity index (χ1) is 7.66. The van der Waals surface area contributed by atoms with Crippen molar-refractivity contribution in [1.82, 2.24) is 4.90 Å². The van der Waals surface area contributed by atoms with Gasteiger partial charge in [0.1, 0.15) is 0 Å². The molecule has 0 amide bonds. The molecule has 0 aliphatic carbocycles. The molecule has 0 aromatic rings. The molecule has 0 spiro atoms. The van der Waals surface area contributed by atoms with E-state index in [1.807, 2.05) is 6.34 Å². The van der Waals surface area contributed by atoms with Crippen LogP contribution in [0.4, 0.5) is 0 Å². The highest BCUT2D eigenvalue weighted by Gasteiger charge is 2.03. The molecule has 0 atom stereocenters. The average molecular weight is 249 g/mol. The van der Waals surface area contributed by atoms with Gasteiger partial charge in [-0.15, -0.1) is 9.79 Å². The van der Waals surface area contributed by atoms with Gasteiger partial charge in [-0.3, -0.25) is 4.99 Å². The first-order valence-corrected chi connectivity index (χ1v) is 6.92. The molecule has 0 fully saturated rings. The number of hydrogen-bond acceptors (Lipinski definition) is 3. The van der Waals surface area contributed by atoms with E-state index in [0.29, 0.717) is 0 Å². The summed E-state index contributed by atoms with van der Waals surface area (Å²) in [7, 11) is -2.87. The lowest BCUT2D eigenvalue weighted by Gasteiger charge is -2.12. The van der Waals surface area contributed by atoms with Crippen LogP contribution < -0.4 is 0 Å². The van der Waals surface area contributed by atoms with Crippen LogP contribution in [0.25, 0.3) is 0 Å². The number of rotatable bonds is 6. The number of nitrogens with zero attached hydrogens (tertiary/aromatic N) is 2. The maximum absolute atomic E-state index is 8.70. The van der Waals surface area contributed by atoms with Crippen LogP contribution in [0.5, 0.6) is 0 Å². The quantitative estimate of drug-likeness (QED) is 0.557. The number of unbranched alkanes of at least 4 members (excludes halogenated alkanes) is 4. The van der Waals surface area contributed by atoms with Gasteiger partial charge < -0.3 is 4.90 Å². The van der Waals surface area contributed by atoms with Gasteiger partial charge in [0.05, 0.1) is 12.9 Å². The van der Waals surface area contributed by atoms with Crippen molar-refractivity contribution in [1.29, 1.82) is 0 Å². The normalized spacial score (nSPS) is 13.6. The van der Waals surface area contributed by atoms with E-state index in [0.717, 1.165) is 13.1 Å². The van der Waals surface area contributed by atoms with Crippen molar-refractivity contribution in [3.63, 3.8) is 0 Å². The summed E-state index contributed by atoms with van der Waals surface area (Å²) < 4.78 is 8.70. The Kier molecular flexibility index (Phi) is 10.6. The van der Waals surface area contributed by atoms with Crippen molar-refractivity contribution < 1.29 is 14.4 Å². The van der Waals surface area contributed by atoms with Crippen molar-refractivity contribution in [2.24, 2.45) is 4.99 Å². The molecule has 94 valence electrons. The highest BCUT2D eigenvalue weighted by atomic mass is 31.1. The van der Waals surface area contributed by atoms with Gasteiger partial charge in [0, 0.05) is 17.7 Å². The van der Waals surface area contributed by atoms with Crippen LogP contribution in [0.3, 0.4) is 0 Å². The molecule has 16 heavy (non-hydrogen) atoms. The standard InChI is InChI=1S/C10H20N2.HO3P/c1-2-3-4-5-6-8-12-9-7-11-10-12;1-4(2)3/h10H,2-9H2,1H3;(H-,1,2,3)/p+1. The van der Waals surface area contributed by atoms with Crippen molar-refractivity contribution in [2.75, 3.05) is 19.6 Å². The van der Waals surface area contributed by atoms with Gasteiger partial charge in [0.25, 0.3) is 0 Å². The van der Waals surface area contributed by atoms with Crippen molar-refractivity contribution in [2.45, 2.75) is 39.0 Å². The van der Waals surface area contributed by atoms with Crippen molar-refractivity contribution >= 4 is 14.6 Å². The van der Waals surface area contributed by atoms with Gasteiger partial charge in [-0.2, -0.15) is 0 Å². The third-order valence-electron chi connectivity index (χ3n) is 2.31. The van der Waals surface area contributed by atoms with Gasteiger partial charge in [-0.1, -0.05) is 32.6 Å². The van der Waals surface area contributed by atoms with Gasteiger partial charge in [0.15, 0.2) is 0 Å². The van der Waals surface area contributed by atoms with Crippen LogP contribution in [0.2, 0.25) is 0 Å². The molecule has 0 radical (unpaired) electrons. The molecule has 0 saturated heterocycles. The highest BCUT2D eigenvalue weighted by Crippen LogP contribution is 2.04. The summed E-state index contributed by atoms with van der Waals surface area (Å²) in [6.07, 6.45) is 8.87. The predicted molar refractivity (Wildman–Crippen MR) is 65.7 cm³/mol. The summed E-state index contributed by atoms with van der Waals surface area (Å²) in [5.41, 5.74) is 0. The molecule has 0 saturated carbocycles. The Hall–Kier alpha value is -0.510. The first-order valence-electron chi connectivity index (χ1n) is 5.75. The minimum absolute atomic E-state index is 1.01. The molecule has 0 aromatic heterocycles. The zero-order chi connectivity index (χ0) is 12.2. The third-order valence-corrected chi connectivity index (χ3v) is 2.31. The summed E-state index contributed by atoms with van der Waals surface area (Å²) in [4.78, 5) is 20.7. The Labute approximate surface area is 98.1 Å². The molecule has 1 heterocycles. The molecule has 1 aliphatic rings. The smallest absolute Gasteiger partial charge is 0.361 e. The fourth-order valence-corrected chi connectivity index (χ4v) is 1.51. The van der Waals surface area contributed by atoms with Gasteiger partial charge in [-0.05, 0) is 6.42 Å². The lowest BCUT2D eigenvalue weighted by atomic mass is 10.1. The maximum Gasteiger partial charge on any atom is 0.692 e. The SMILES string of the molecule is CCCCCCCN1C=NCC1.O=[P+](O)O. The molecule has 0 bridgehead atoms.